The van der Waals surface area contributed by atoms with Crippen LogP contribution in [0.1, 0.15) is 12.1 Å². The number of nitrogens with one attached hydrogen (secondary N) is 1. The minimum atomic E-state index is -0.885. The van der Waals surface area contributed by atoms with Gasteiger partial charge in [0.25, 0.3) is 0 Å². The molecular formula is C12H11ClN4O2. The Kier molecular flexibility index (Phi) is 2.87. The first-order valence-corrected chi connectivity index (χ1v) is 6.20. The highest BCUT2D eigenvalue weighted by atomic mass is 35.5. The van der Waals surface area contributed by atoms with Crippen molar-refractivity contribution in [3.05, 3.63) is 29.3 Å². The Hall–Kier alpha value is -2.08. The van der Waals surface area contributed by atoms with Crippen LogP contribution in [-0.2, 0) is 0 Å². The summed E-state index contributed by atoms with van der Waals surface area (Å²) >= 11 is 5.74. The van der Waals surface area contributed by atoms with Crippen LogP contribution in [0.3, 0.4) is 0 Å². The minimum absolute atomic E-state index is 0.204. The molecule has 1 aliphatic heterocycles. The van der Waals surface area contributed by atoms with Crippen molar-refractivity contribution in [1.82, 2.24) is 19.9 Å². The Morgan fingerprint density at radius 1 is 1.53 bits per heavy atom. The average molecular weight is 279 g/mol. The molecule has 7 heteroatoms. The number of H-pyrrole nitrogens is 1. The number of fused-ring (bicyclic) bond motifs is 1. The van der Waals surface area contributed by atoms with Crippen LogP contribution >= 0.6 is 11.6 Å². The molecule has 2 aromatic rings. The van der Waals surface area contributed by atoms with E-state index in [4.69, 9.17) is 16.7 Å². The highest BCUT2D eigenvalue weighted by Crippen LogP contribution is 2.25. The maximum Gasteiger partial charge on any atom is 0.407 e. The lowest BCUT2D eigenvalue weighted by Crippen LogP contribution is -2.33. The Bertz CT molecular complexity index is 679. The maximum absolute atomic E-state index is 10.8. The molecule has 6 nitrogen and oxygen atoms in total. The summed E-state index contributed by atoms with van der Waals surface area (Å²) in [7, 11) is 0. The van der Waals surface area contributed by atoms with Crippen molar-refractivity contribution in [3.63, 3.8) is 0 Å². The molecule has 0 atom stereocenters. The number of hydrogen-bond acceptors (Lipinski definition) is 3. The third-order valence-electron chi connectivity index (χ3n) is 3.17. The molecule has 2 N–H and O–H groups in total. The van der Waals surface area contributed by atoms with Crippen molar-refractivity contribution in [2.45, 2.75) is 6.42 Å². The van der Waals surface area contributed by atoms with Gasteiger partial charge in [-0.2, -0.15) is 4.98 Å². The van der Waals surface area contributed by atoms with Gasteiger partial charge in [0.15, 0.2) is 0 Å². The zero-order valence-electron chi connectivity index (χ0n) is 9.93. The smallest absolute Gasteiger partial charge is 0.407 e. The second kappa shape index (κ2) is 4.55. The summed E-state index contributed by atoms with van der Waals surface area (Å²) in [5, 5.41) is 9.99. The van der Waals surface area contributed by atoms with E-state index in [2.05, 4.69) is 15.0 Å². The monoisotopic (exact) mass is 278 g/mol. The van der Waals surface area contributed by atoms with Crippen LogP contribution < -0.4 is 0 Å². The molecular weight excluding hydrogens is 268 g/mol. The van der Waals surface area contributed by atoms with Gasteiger partial charge in [0.2, 0.25) is 5.28 Å². The first kappa shape index (κ1) is 12.0. The Morgan fingerprint density at radius 2 is 2.37 bits per heavy atom. The number of carbonyl (C=O) groups is 1. The molecule has 3 rings (SSSR count). The van der Waals surface area contributed by atoms with Gasteiger partial charge in [0, 0.05) is 30.4 Å². The molecule has 0 unspecified atom stereocenters. The van der Waals surface area contributed by atoms with Crippen molar-refractivity contribution >= 4 is 34.3 Å². The molecule has 0 spiro atoms. The lowest BCUT2D eigenvalue weighted by molar-refractivity contribution is 0.150. The number of nitrogens with zero attached hydrogens (tertiary/aromatic N) is 3. The Morgan fingerprint density at radius 3 is 3.05 bits per heavy atom. The fourth-order valence-electron chi connectivity index (χ4n) is 2.16. The van der Waals surface area contributed by atoms with Gasteiger partial charge in [-0.1, -0.05) is 6.08 Å². The molecule has 1 aliphatic rings. The highest BCUT2D eigenvalue weighted by Gasteiger charge is 2.17. The second-order valence-electron chi connectivity index (χ2n) is 4.33. The molecule has 0 aliphatic carbocycles. The van der Waals surface area contributed by atoms with Gasteiger partial charge < -0.3 is 15.0 Å². The second-order valence-corrected chi connectivity index (χ2v) is 4.67. The summed E-state index contributed by atoms with van der Waals surface area (Å²) in [6.45, 7) is 0.912. The van der Waals surface area contributed by atoms with Crippen LogP contribution in [0.15, 0.2) is 18.3 Å². The quantitative estimate of drug-likeness (QED) is 0.785. The zero-order valence-corrected chi connectivity index (χ0v) is 10.7. The molecule has 0 fully saturated rings. The predicted molar refractivity (Wildman–Crippen MR) is 71.1 cm³/mol. The first-order chi connectivity index (χ1) is 9.13. The van der Waals surface area contributed by atoms with E-state index >= 15 is 0 Å². The van der Waals surface area contributed by atoms with Gasteiger partial charge in [0.1, 0.15) is 5.65 Å². The molecule has 0 aromatic carbocycles. The van der Waals surface area contributed by atoms with E-state index in [9.17, 15) is 4.79 Å². The largest absolute Gasteiger partial charge is 0.465 e. The number of carboxylic acid groups (broad SMARTS) is 1. The molecule has 0 saturated heterocycles. The lowest BCUT2D eigenvalue weighted by Gasteiger charge is -2.23. The summed E-state index contributed by atoms with van der Waals surface area (Å²) in [4.78, 5) is 23.4. The third kappa shape index (κ3) is 2.26. The number of rotatable bonds is 1. The standard InChI is InChI=1S/C12H11ClN4O2/c13-11-14-6-8-5-9(15-10(8)16-11)7-1-3-17(4-2-7)12(18)19/h1,5-6H,2-4H2,(H,18,19)(H,14,15,16). The molecule has 0 saturated carbocycles. The Labute approximate surface area is 113 Å². The van der Waals surface area contributed by atoms with Gasteiger partial charge in [0.05, 0.1) is 0 Å². The van der Waals surface area contributed by atoms with Crippen LogP contribution in [0.25, 0.3) is 16.6 Å². The molecule has 19 heavy (non-hydrogen) atoms. The van der Waals surface area contributed by atoms with E-state index in [0.29, 0.717) is 25.2 Å². The Balaban J connectivity index is 1.91. The van der Waals surface area contributed by atoms with E-state index in [1.807, 2.05) is 12.1 Å². The van der Waals surface area contributed by atoms with Gasteiger partial charge in [-0.15, -0.1) is 0 Å². The molecule has 0 radical (unpaired) electrons. The number of halogens is 1. The predicted octanol–water partition coefficient (Wildman–Crippen LogP) is 2.38. The summed E-state index contributed by atoms with van der Waals surface area (Å²) in [5.74, 6) is 0. The van der Waals surface area contributed by atoms with Crippen molar-refractivity contribution in [2.75, 3.05) is 13.1 Å². The van der Waals surface area contributed by atoms with Crippen molar-refractivity contribution in [2.24, 2.45) is 0 Å². The summed E-state index contributed by atoms with van der Waals surface area (Å²) in [5.41, 5.74) is 2.72. The zero-order chi connectivity index (χ0) is 13.4. The summed E-state index contributed by atoms with van der Waals surface area (Å²) < 4.78 is 0. The van der Waals surface area contributed by atoms with Gasteiger partial charge in [-0.3, -0.25) is 0 Å². The minimum Gasteiger partial charge on any atom is -0.465 e. The first-order valence-electron chi connectivity index (χ1n) is 5.82. The summed E-state index contributed by atoms with van der Waals surface area (Å²) in [6, 6.07) is 1.95. The van der Waals surface area contributed by atoms with E-state index in [1.54, 1.807) is 6.20 Å². The molecule has 98 valence electrons. The lowest BCUT2D eigenvalue weighted by atomic mass is 10.1. The van der Waals surface area contributed by atoms with Crippen molar-refractivity contribution < 1.29 is 9.90 Å². The number of hydrogen-bond donors (Lipinski definition) is 2. The van der Waals surface area contributed by atoms with Crippen molar-refractivity contribution in [1.29, 1.82) is 0 Å². The van der Waals surface area contributed by atoms with Crippen LogP contribution in [-0.4, -0.2) is 44.1 Å². The van der Waals surface area contributed by atoms with E-state index < -0.39 is 6.09 Å². The molecule has 1 amide bonds. The molecule has 3 heterocycles. The number of amides is 1. The van der Waals surface area contributed by atoms with E-state index in [-0.39, 0.29) is 5.28 Å². The van der Waals surface area contributed by atoms with E-state index in [1.165, 1.54) is 4.90 Å². The number of aromatic amines is 1. The normalized spacial score (nSPS) is 15.6. The highest BCUT2D eigenvalue weighted by molar-refractivity contribution is 6.28. The average Bonchev–Trinajstić information content (AvgIpc) is 2.81. The SMILES string of the molecule is O=C(O)N1CC=C(c2cc3cnc(Cl)nc3[nH]2)CC1. The van der Waals surface area contributed by atoms with Crippen LogP contribution in [0, 0.1) is 0 Å². The van der Waals surface area contributed by atoms with Gasteiger partial charge in [-0.25, -0.2) is 9.78 Å². The van der Waals surface area contributed by atoms with Crippen molar-refractivity contribution in [3.8, 4) is 0 Å². The molecule has 2 aromatic heterocycles. The maximum atomic E-state index is 10.8. The van der Waals surface area contributed by atoms with Crippen LogP contribution in [0.5, 0.6) is 0 Å². The van der Waals surface area contributed by atoms with Crippen LogP contribution in [0.4, 0.5) is 4.79 Å². The fourth-order valence-corrected chi connectivity index (χ4v) is 2.29. The van der Waals surface area contributed by atoms with Gasteiger partial charge in [-0.05, 0) is 29.7 Å². The third-order valence-corrected chi connectivity index (χ3v) is 3.35. The van der Waals surface area contributed by atoms with E-state index in [0.717, 1.165) is 16.7 Å². The number of aromatic nitrogens is 3. The van der Waals surface area contributed by atoms with Crippen LogP contribution in [0.2, 0.25) is 5.28 Å². The fraction of sp³-hybridized carbons (Fsp3) is 0.250. The van der Waals surface area contributed by atoms with Gasteiger partial charge >= 0.3 is 6.09 Å². The summed E-state index contributed by atoms with van der Waals surface area (Å²) in [6.07, 6.45) is 3.37. The molecule has 0 bridgehead atoms. The topological polar surface area (TPSA) is 82.1 Å².